The molecule has 124 valence electrons. The van der Waals surface area contributed by atoms with Gasteiger partial charge in [-0.1, -0.05) is 5.16 Å². The zero-order valence-corrected chi connectivity index (χ0v) is 12.2. The maximum atomic E-state index is 13.7. The number of oxime groups is 1. The highest BCUT2D eigenvalue weighted by Crippen LogP contribution is 2.21. The van der Waals surface area contributed by atoms with Crippen LogP contribution >= 0.6 is 0 Å². The van der Waals surface area contributed by atoms with Crippen LogP contribution in [0, 0.1) is 11.6 Å². The van der Waals surface area contributed by atoms with Gasteiger partial charge in [0.15, 0.2) is 0 Å². The molecule has 0 aliphatic carbocycles. The summed E-state index contributed by atoms with van der Waals surface area (Å²) in [6, 6.07) is 3.17. The Hall–Kier alpha value is -2.51. The van der Waals surface area contributed by atoms with Crippen LogP contribution in [0.1, 0.15) is 31.2 Å². The van der Waals surface area contributed by atoms with E-state index in [-0.39, 0.29) is 37.3 Å². The molecule has 0 saturated heterocycles. The van der Waals surface area contributed by atoms with Crippen LogP contribution in [-0.4, -0.2) is 35.3 Å². The fourth-order valence-electron chi connectivity index (χ4n) is 2.17. The zero-order chi connectivity index (χ0) is 16.8. The molecule has 8 heteroatoms. The average Bonchev–Trinajstić information content (AvgIpc) is 2.91. The van der Waals surface area contributed by atoms with Gasteiger partial charge < -0.3 is 15.3 Å². The molecule has 0 bridgehead atoms. The van der Waals surface area contributed by atoms with Gasteiger partial charge in [0.05, 0.1) is 12.1 Å². The number of benzene rings is 1. The summed E-state index contributed by atoms with van der Waals surface area (Å²) in [5.41, 5.74) is 0.474. The van der Waals surface area contributed by atoms with Crippen molar-refractivity contribution < 1.29 is 28.3 Å². The SMILES string of the molecule is O=C(O)CCCNC(=O)CC1CC(c2ccc(F)cc2F)=NO1. The second-order valence-corrected chi connectivity index (χ2v) is 5.15. The molecule has 0 saturated carbocycles. The Balaban J connectivity index is 1.78. The Labute approximate surface area is 131 Å². The third-order valence-electron chi connectivity index (χ3n) is 3.28. The smallest absolute Gasteiger partial charge is 0.303 e. The van der Waals surface area contributed by atoms with E-state index in [2.05, 4.69) is 10.5 Å². The van der Waals surface area contributed by atoms with Crippen LogP contribution in [0.5, 0.6) is 0 Å². The number of halogens is 2. The van der Waals surface area contributed by atoms with Crippen molar-refractivity contribution in [2.24, 2.45) is 5.16 Å². The van der Waals surface area contributed by atoms with Gasteiger partial charge in [0.25, 0.3) is 0 Å². The number of aliphatic carboxylic acids is 1. The maximum Gasteiger partial charge on any atom is 0.303 e. The quantitative estimate of drug-likeness (QED) is 0.748. The van der Waals surface area contributed by atoms with E-state index in [4.69, 9.17) is 9.94 Å². The van der Waals surface area contributed by atoms with E-state index in [0.717, 1.165) is 12.1 Å². The summed E-state index contributed by atoms with van der Waals surface area (Å²) in [5.74, 6) is -2.62. The Morgan fingerprint density at radius 1 is 1.39 bits per heavy atom. The van der Waals surface area contributed by atoms with E-state index in [1.807, 2.05) is 0 Å². The molecule has 1 aromatic rings. The van der Waals surface area contributed by atoms with E-state index in [0.29, 0.717) is 12.1 Å². The number of carbonyl (C=O) groups is 2. The van der Waals surface area contributed by atoms with Crippen molar-refractivity contribution in [1.82, 2.24) is 5.32 Å². The minimum absolute atomic E-state index is 0.0166. The number of nitrogens with one attached hydrogen (secondary N) is 1. The van der Waals surface area contributed by atoms with Gasteiger partial charge in [-0.3, -0.25) is 9.59 Å². The van der Waals surface area contributed by atoms with Gasteiger partial charge in [0.1, 0.15) is 17.7 Å². The van der Waals surface area contributed by atoms with Crippen LogP contribution in [0.15, 0.2) is 23.4 Å². The molecule has 1 aliphatic heterocycles. The lowest BCUT2D eigenvalue weighted by Gasteiger charge is -2.08. The summed E-state index contributed by atoms with van der Waals surface area (Å²) in [7, 11) is 0. The number of amides is 1. The third-order valence-corrected chi connectivity index (χ3v) is 3.28. The van der Waals surface area contributed by atoms with Crippen LogP contribution in [-0.2, 0) is 14.4 Å². The van der Waals surface area contributed by atoms with Gasteiger partial charge in [-0.15, -0.1) is 0 Å². The number of carboxylic acid groups (broad SMARTS) is 1. The van der Waals surface area contributed by atoms with Crippen molar-refractivity contribution in [3.8, 4) is 0 Å². The molecule has 2 rings (SSSR count). The Kier molecular flexibility index (Phi) is 5.61. The number of hydrogen-bond donors (Lipinski definition) is 2. The normalized spacial score (nSPS) is 16.6. The number of carbonyl (C=O) groups excluding carboxylic acids is 1. The molecule has 1 heterocycles. The van der Waals surface area contributed by atoms with Crippen LogP contribution in [0.3, 0.4) is 0 Å². The van der Waals surface area contributed by atoms with Gasteiger partial charge in [0.2, 0.25) is 5.91 Å². The van der Waals surface area contributed by atoms with Crippen LogP contribution in [0.4, 0.5) is 8.78 Å². The molecule has 1 amide bonds. The second kappa shape index (κ2) is 7.66. The lowest BCUT2D eigenvalue weighted by Crippen LogP contribution is -2.28. The highest BCUT2D eigenvalue weighted by molar-refractivity contribution is 6.01. The van der Waals surface area contributed by atoms with Crippen molar-refractivity contribution in [1.29, 1.82) is 0 Å². The minimum Gasteiger partial charge on any atom is -0.481 e. The molecule has 0 aromatic heterocycles. The highest BCUT2D eigenvalue weighted by Gasteiger charge is 2.26. The summed E-state index contributed by atoms with van der Waals surface area (Å²) >= 11 is 0. The van der Waals surface area contributed by atoms with E-state index >= 15 is 0 Å². The Morgan fingerprint density at radius 3 is 2.87 bits per heavy atom. The van der Waals surface area contributed by atoms with Gasteiger partial charge in [0, 0.05) is 31.0 Å². The lowest BCUT2D eigenvalue weighted by atomic mass is 10.0. The summed E-state index contributed by atoms with van der Waals surface area (Å²) < 4.78 is 26.5. The Morgan fingerprint density at radius 2 is 2.17 bits per heavy atom. The third kappa shape index (κ3) is 5.01. The maximum absolute atomic E-state index is 13.7. The van der Waals surface area contributed by atoms with E-state index < -0.39 is 23.7 Å². The van der Waals surface area contributed by atoms with Crippen LogP contribution in [0.2, 0.25) is 0 Å². The molecule has 1 aromatic carbocycles. The molecule has 1 unspecified atom stereocenters. The monoisotopic (exact) mass is 326 g/mol. The summed E-state index contributed by atoms with van der Waals surface area (Å²) in [6.07, 6.45) is 0.0781. The summed E-state index contributed by atoms with van der Waals surface area (Å²) in [4.78, 5) is 27.1. The molecule has 2 N–H and O–H groups in total. The number of carboxylic acids is 1. The van der Waals surface area contributed by atoms with Gasteiger partial charge in [-0.25, -0.2) is 8.78 Å². The summed E-state index contributed by atoms with van der Waals surface area (Å²) in [5, 5.41) is 14.8. The zero-order valence-electron chi connectivity index (χ0n) is 12.2. The van der Waals surface area contributed by atoms with E-state index in [1.54, 1.807) is 0 Å². The van der Waals surface area contributed by atoms with Gasteiger partial charge >= 0.3 is 5.97 Å². The Bertz CT molecular complexity index is 634. The number of rotatable bonds is 7. The predicted octanol–water partition coefficient (Wildman–Crippen LogP) is 1.83. The fraction of sp³-hybridized carbons (Fsp3) is 0.400. The summed E-state index contributed by atoms with van der Waals surface area (Å²) in [6.45, 7) is 0.262. The van der Waals surface area contributed by atoms with Crippen molar-refractivity contribution in [3.63, 3.8) is 0 Å². The predicted molar refractivity (Wildman–Crippen MR) is 76.9 cm³/mol. The van der Waals surface area contributed by atoms with Gasteiger partial charge in [-0.05, 0) is 18.6 Å². The molecule has 1 atom stereocenters. The standard InChI is InChI=1S/C15H16F2N2O4/c16-9-3-4-11(12(17)6-9)13-7-10(23-19-13)8-14(20)18-5-1-2-15(21)22/h3-4,6,10H,1-2,5,7-8H2,(H,18,20)(H,21,22). The average molecular weight is 326 g/mol. The molecule has 0 spiro atoms. The minimum atomic E-state index is -0.919. The van der Waals surface area contributed by atoms with Crippen molar-refractivity contribution in [3.05, 3.63) is 35.4 Å². The van der Waals surface area contributed by atoms with Gasteiger partial charge in [-0.2, -0.15) is 0 Å². The molecule has 0 radical (unpaired) electrons. The first-order chi connectivity index (χ1) is 11.0. The topological polar surface area (TPSA) is 88.0 Å². The first kappa shape index (κ1) is 16.9. The number of hydrogen-bond acceptors (Lipinski definition) is 4. The molecule has 1 aliphatic rings. The molecule has 6 nitrogen and oxygen atoms in total. The van der Waals surface area contributed by atoms with E-state index in [1.165, 1.54) is 6.07 Å². The molecular formula is C15H16F2N2O4. The van der Waals surface area contributed by atoms with Crippen LogP contribution < -0.4 is 5.32 Å². The second-order valence-electron chi connectivity index (χ2n) is 5.15. The van der Waals surface area contributed by atoms with Crippen LogP contribution in [0.25, 0.3) is 0 Å². The first-order valence-electron chi connectivity index (χ1n) is 7.12. The largest absolute Gasteiger partial charge is 0.481 e. The van der Waals surface area contributed by atoms with Crippen molar-refractivity contribution in [2.45, 2.75) is 31.8 Å². The highest BCUT2D eigenvalue weighted by atomic mass is 19.1. The molecule has 0 fully saturated rings. The molecular weight excluding hydrogens is 310 g/mol. The first-order valence-corrected chi connectivity index (χ1v) is 7.12. The van der Waals surface area contributed by atoms with Crippen molar-refractivity contribution in [2.75, 3.05) is 6.54 Å². The fourth-order valence-corrected chi connectivity index (χ4v) is 2.17. The van der Waals surface area contributed by atoms with Crippen molar-refractivity contribution >= 4 is 17.6 Å². The number of nitrogens with zero attached hydrogens (tertiary/aromatic N) is 1. The van der Waals surface area contributed by atoms with E-state index in [9.17, 15) is 18.4 Å². The lowest BCUT2D eigenvalue weighted by molar-refractivity contribution is -0.137. The molecule has 23 heavy (non-hydrogen) atoms.